The summed E-state index contributed by atoms with van der Waals surface area (Å²) in [4.78, 5) is 15.2. The van der Waals surface area contributed by atoms with E-state index >= 15 is 0 Å². The van der Waals surface area contributed by atoms with Crippen molar-refractivity contribution in [1.82, 2.24) is 20.0 Å². The Kier molecular flexibility index (Phi) is 2.82. The largest absolute Gasteiger partial charge is 0.296 e. The molecule has 16 heavy (non-hydrogen) atoms. The molecule has 6 heteroatoms. The minimum atomic E-state index is 0.180. The van der Waals surface area contributed by atoms with Crippen molar-refractivity contribution >= 4 is 17.6 Å². The fraction of sp³-hybridized carbons (Fsp3) is 0.400. The van der Waals surface area contributed by atoms with E-state index in [1.165, 1.54) is 11.3 Å². The highest BCUT2D eigenvalue weighted by molar-refractivity contribution is 7.12. The Hall–Kier alpha value is -1.56. The molecule has 0 aromatic carbocycles. The molecule has 0 radical (unpaired) electrons. The van der Waals surface area contributed by atoms with Crippen molar-refractivity contribution in [2.24, 2.45) is 0 Å². The van der Waals surface area contributed by atoms with Gasteiger partial charge >= 0.3 is 0 Å². The van der Waals surface area contributed by atoms with Gasteiger partial charge in [0.2, 0.25) is 5.13 Å². The van der Waals surface area contributed by atoms with E-state index < -0.39 is 0 Å². The summed E-state index contributed by atoms with van der Waals surface area (Å²) in [6.07, 6.45) is 0.735. The second kappa shape index (κ2) is 4.13. The molecule has 2 rings (SSSR count). The normalized spacial score (nSPS) is 11.0. The Morgan fingerprint density at radius 3 is 2.75 bits per heavy atom. The second-order valence-corrected chi connectivity index (χ2v) is 4.65. The Bertz CT molecular complexity index is 515. The maximum atomic E-state index is 10.8. The van der Waals surface area contributed by atoms with Crippen LogP contribution in [0.3, 0.4) is 0 Å². The van der Waals surface area contributed by atoms with Crippen LogP contribution in [0, 0.1) is 6.92 Å². The molecule has 0 amide bonds. The molecule has 0 spiro atoms. The number of hydrogen-bond donors (Lipinski definition) is 0. The van der Waals surface area contributed by atoms with E-state index in [2.05, 4.69) is 15.3 Å². The molecule has 0 atom stereocenters. The van der Waals surface area contributed by atoms with Crippen molar-refractivity contribution in [2.75, 3.05) is 0 Å². The summed E-state index contributed by atoms with van der Waals surface area (Å²) in [6.45, 7) is 5.93. The van der Waals surface area contributed by atoms with Gasteiger partial charge in [-0.3, -0.25) is 4.79 Å². The van der Waals surface area contributed by atoms with Crippen molar-refractivity contribution in [3.8, 4) is 5.13 Å². The molecule has 0 bridgehead atoms. The van der Waals surface area contributed by atoms with Gasteiger partial charge in [-0.2, -0.15) is 4.68 Å². The third-order valence-corrected chi connectivity index (χ3v) is 3.11. The first-order chi connectivity index (χ1) is 7.63. The van der Waals surface area contributed by atoms with E-state index in [0.717, 1.165) is 22.8 Å². The van der Waals surface area contributed by atoms with Gasteiger partial charge in [0.25, 0.3) is 0 Å². The van der Waals surface area contributed by atoms with E-state index in [1.807, 2.05) is 26.2 Å². The summed E-state index contributed by atoms with van der Waals surface area (Å²) in [5, 5.41) is 10.5. The quantitative estimate of drug-likeness (QED) is 0.764. The third-order valence-electron chi connectivity index (χ3n) is 2.18. The molecular weight excluding hydrogens is 224 g/mol. The highest BCUT2D eigenvalue weighted by Crippen LogP contribution is 2.22. The van der Waals surface area contributed by atoms with Gasteiger partial charge in [-0.25, -0.2) is 4.98 Å². The summed E-state index contributed by atoms with van der Waals surface area (Å²) in [6, 6.07) is 0. The van der Waals surface area contributed by atoms with Crippen molar-refractivity contribution < 1.29 is 4.79 Å². The Labute approximate surface area is 97.1 Å². The SMILES string of the molecule is Cc1csc(-n2nnc(C=O)c2C(C)C)n1. The predicted octanol–water partition coefficient (Wildman–Crippen LogP) is 1.97. The Balaban J connectivity index is 2.57. The first kappa shape index (κ1) is 10.9. The lowest BCUT2D eigenvalue weighted by atomic mass is 10.1. The fourth-order valence-corrected chi connectivity index (χ4v) is 2.27. The average molecular weight is 236 g/mol. The van der Waals surface area contributed by atoms with Crippen LogP contribution < -0.4 is 0 Å². The van der Waals surface area contributed by atoms with E-state index in [0.29, 0.717) is 5.69 Å². The smallest absolute Gasteiger partial charge is 0.212 e. The molecular formula is C10H12N4OS. The molecule has 2 aromatic heterocycles. The second-order valence-electron chi connectivity index (χ2n) is 3.82. The van der Waals surface area contributed by atoms with Gasteiger partial charge < -0.3 is 0 Å². The maximum Gasteiger partial charge on any atom is 0.212 e. The van der Waals surface area contributed by atoms with Crippen LogP contribution in [0.15, 0.2) is 5.38 Å². The lowest BCUT2D eigenvalue weighted by molar-refractivity contribution is 0.111. The molecule has 0 N–H and O–H groups in total. The van der Waals surface area contributed by atoms with Crippen molar-refractivity contribution in [2.45, 2.75) is 26.7 Å². The van der Waals surface area contributed by atoms with E-state index in [9.17, 15) is 4.79 Å². The molecule has 0 aliphatic carbocycles. The van der Waals surface area contributed by atoms with Crippen LogP contribution in [0.2, 0.25) is 0 Å². The number of rotatable bonds is 3. The van der Waals surface area contributed by atoms with Crippen molar-refractivity contribution in [3.05, 3.63) is 22.5 Å². The summed E-state index contributed by atoms with van der Waals surface area (Å²) in [5.74, 6) is 0.180. The summed E-state index contributed by atoms with van der Waals surface area (Å²) < 4.78 is 1.64. The molecule has 5 nitrogen and oxygen atoms in total. The molecule has 0 unspecified atom stereocenters. The molecule has 2 aromatic rings. The molecule has 0 aliphatic rings. The van der Waals surface area contributed by atoms with Crippen LogP contribution in [-0.2, 0) is 0 Å². The molecule has 0 saturated heterocycles. The minimum Gasteiger partial charge on any atom is -0.296 e. The Morgan fingerprint density at radius 1 is 1.50 bits per heavy atom. The van der Waals surface area contributed by atoms with Crippen LogP contribution >= 0.6 is 11.3 Å². The maximum absolute atomic E-state index is 10.8. The lowest BCUT2D eigenvalue weighted by Gasteiger charge is -2.06. The molecule has 0 fully saturated rings. The number of aldehydes is 1. The van der Waals surface area contributed by atoms with Crippen LogP contribution in [0.1, 0.15) is 41.6 Å². The van der Waals surface area contributed by atoms with Gasteiger partial charge in [-0.15, -0.1) is 16.4 Å². The van der Waals surface area contributed by atoms with Crippen LogP contribution in [0.25, 0.3) is 5.13 Å². The zero-order chi connectivity index (χ0) is 11.7. The standard InChI is InChI=1S/C10H12N4OS/c1-6(2)9-8(4-15)12-13-14(9)10-11-7(3)5-16-10/h4-6H,1-3H3. The first-order valence-corrected chi connectivity index (χ1v) is 5.84. The number of aryl methyl sites for hydroxylation is 1. The predicted molar refractivity (Wildman–Crippen MR) is 61.2 cm³/mol. The zero-order valence-corrected chi connectivity index (χ0v) is 10.2. The highest BCUT2D eigenvalue weighted by Gasteiger charge is 2.18. The summed E-state index contributed by atoms with van der Waals surface area (Å²) in [7, 11) is 0. The molecule has 84 valence electrons. The number of aromatic nitrogens is 4. The number of carbonyl (C=O) groups is 1. The first-order valence-electron chi connectivity index (χ1n) is 4.96. The lowest BCUT2D eigenvalue weighted by Crippen LogP contribution is -2.05. The van der Waals surface area contributed by atoms with Gasteiger partial charge in [0.05, 0.1) is 11.4 Å². The molecule has 0 aliphatic heterocycles. The van der Waals surface area contributed by atoms with E-state index in [1.54, 1.807) is 4.68 Å². The zero-order valence-electron chi connectivity index (χ0n) is 9.34. The van der Waals surface area contributed by atoms with Gasteiger partial charge in [-0.05, 0) is 12.8 Å². The monoisotopic (exact) mass is 236 g/mol. The number of thiazole rings is 1. The topological polar surface area (TPSA) is 60.7 Å². The van der Waals surface area contributed by atoms with Crippen LogP contribution in [-0.4, -0.2) is 26.3 Å². The number of hydrogen-bond acceptors (Lipinski definition) is 5. The van der Waals surface area contributed by atoms with Gasteiger partial charge in [0, 0.05) is 5.38 Å². The molecule has 2 heterocycles. The average Bonchev–Trinajstić information content (AvgIpc) is 2.82. The summed E-state index contributed by atoms with van der Waals surface area (Å²) in [5.41, 5.74) is 2.14. The third kappa shape index (κ3) is 1.76. The number of carbonyl (C=O) groups excluding carboxylic acids is 1. The van der Waals surface area contributed by atoms with Crippen LogP contribution in [0.4, 0.5) is 0 Å². The fourth-order valence-electron chi connectivity index (χ4n) is 1.51. The van der Waals surface area contributed by atoms with Crippen LogP contribution in [0.5, 0.6) is 0 Å². The van der Waals surface area contributed by atoms with Crippen molar-refractivity contribution in [1.29, 1.82) is 0 Å². The highest BCUT2D eigenvalue weighted by atomic mass is 32.1. The Morgan fingerprint density at radius 2 is 2.25 bits per heavy atom. The van der Waals surface area contributed by atoms with Gasteiger partial charge in [0.15, 0.2) is 6.29 Å². The van der Waals surface area contributed by atoms with Gasteiger partial charge in [0.1, 0.15) is 5.69 Å². The molecule has 0 saturated carbocycles. The number of nitrogens with zero attached hydrogens (tertiary/aromatic N) is 4. The summed E-state index contributed by atoms with van der Waals surface area (Å²) >= 11 is 1.49. The van der Waals surface area contributed by atoms with E-state index in [-0.39, 0.29) is 5.92 Å². The van der Waals surface area contributed by atoms with E-state index in [4.69, 9.17) is 0 Å². The van der Waals surface area contributed by atoms with Gasteiger partial charge in [-0.1, -0.05) is 19.1 Å². The van der Waals surface area contributed by atoms with Crippen molar-refractivity contribution in [3.63, 3.8) is 0 Å². The minimum absolute atomic E-state index is 0.180.